The van der Waals surface area contributed by atoms with Gasteiger partial charge < -0.3 is 4.98 Å². The quantitative estimate of drug-likeness (QED) is 0.633. The molecule has 146 valence electrons. The van der Waals surface area contributed by atoms with E-state index in [1.165, 1.54) is 6.07 Å². The van der Waals surface area contributed by atoms with Gasteiger partial charge in [0, 0.05) is 28.6 Å². The molecular weight excluding hydrogens is 403 g/mol. The summed E-state index contributed by atoms with van der Waals surface area (Å²) in [7, 11) is -3.96. The standard InChI is InChI=1S/C20H18ClFN2O3S/c1-2-11-8-13-17(23-16-4-3-5-18(25)20(13)16)10-19(11)28(26,27)24-15-7-6-12(22)9-14(15)21/h6-10,23-24H,2-5H2,1H3. The maximum absolute atomic E-state index is 13.2. The molecule has 3 aromatic rings. The van der Waals surface area contributed by atoms with E-state index in [1.807, 2.05) is 6.92 Å². The summed E-state index contributed by atoms with van der Waals surface area (Å²) in [6.45, 7) is 1.85. The van der Waals surface area contributed by atoms with E-state index >= 15 is 0 Å². The summed E-state index contributed by atoms with van der Waals surface area (Å²) >= 11 is 5.97. The van der Waals surface area contributed by atoms with Gasteiger partial charge in [0.1, 0.15) is 5.82 Å². The van der Waals surface area contributed by atoms with Gasteiger partial charge in [-0.25, -0.2) is 12.8 Å². The molecule has 1 aliphatic carbocycles. The Morgan fingerprint density at radius 1 is 1.21 bits per heavy atom. The Morgan fingerprint density at radius 3 is 2.71 bits per heavy atom. The Morgan fingerprint density at radius 2 is 2.00 bits per heavy atom. The number of aryl methyl sites for hydroxylation is 2. The van der Waals surface area contributed by atoms with Gasteiger partial charge in [0.2, 0.25) is 0 Å². The number of anilines is 1. The minimum absolute atomic E-state index is 0.0244. The van der Waals surface area contributed by atoms with Crippen LogP contribution in [0.1, 0.15) is 41.4 Å². The highest BCUT2D eigenvalue weighted by molar-refractivity contribution is 7.92. The summed E-state index contributed by atoms with van der Waals surface area (Å²) in [6.07, 6.45) is 2.53. The maximum atomic E-state index is 13.2. The molecule has 0 aliphatic heterocycles. The zero-order valence-corrected chi connectivity index (χ0v) is 16.7. The molecule has 0 amide bonds. The van der Waals surface area contributed by atoms with Crippen molar-refractivity contribution in [3.8, 4) is 0 Å². The molecule has 2 aromatic carbocycles. The van der Waals surface area contributed by atoms with Crippen molar-refractivity contribution in [2.75, 3.05) is 4.72 Å². The van der Waals surface area contributed by atoms with Crippen LogP contribution < -0.4 is 4.72 Å². The Labute approximate surface area is 167 Å². The number of carbonyl (C=O) groups excluding carboxylic acids is 1. The molecule has 28 heavy (non-hydrogen) atoms. The maximum Gasteiger partial charge on any atom is 0.262 e. The lowest BCUT2D eigenvalue weighted by molar-refractivity contribution is 0.0974. The van der Waals surface area contributed by atoms with E-state index in [1.54, 1.807) is 12.1 Å². The molecule has 4 rings (SSSR count). The fraction of sp³-hybridized carbons (Fsp3) is 0.250. The normalized spacial score (nSPS) is 14.3. The lowest BCUT2D eigenvalue weighted by Gasteiger charge is -2.13. The minimum atomic E-state index is -3.96. The largest absolute Gasteiger partial charge is 0.358 e. The highest BCUT2D eigenvalue weighted by Crippen LogP contribution is 2.34. The number of Topliss-reactive ketones (excluding diaryl/α,β-unsaturated/α-hetero) is 1. The van der Waals surface area contributed by atoms with Crippen molar-refractivity contribution in [1.29, 1.82) is 0 Å². The van der Waals surface area contributed by atoms with E-state index in [-0.39, 0.29) is 21.4 Å². The smallest absolute Gasteiger partial charge is 0.262 e. The first kappa shape index (κ1) is 19.0. The van der Waals surface area contributed by atoms with Gasteiger partial charge in [-0.05, 0) is 55.2 Å². The zero-order chi connectivity index (χ0) is 20.1. The number of H-pyrrole nitrogens is 1. The number of halogens is 2. The highest BCUT2D eigenvalue weighted by atomic mass is 35.5. The summed E-state index contributed by atoms with van der Waals surface area (Å²) in [5, 5.41) is 0.735. The molecule has 0 saturated carbocycles. The van der Waals surface area contributed by atoms with E-state index in [9.17, 15) is 17.6 Å². The molecule has 1 heterocycles. The van der Waals surface area contributed by atoms with Gasteiger partial charge in [-0.15, -0.1) is 0 Å². The molecule has 0 saturated heterocycles. The number of hydrogen-bond donors (Lipinski definition) is 2. The van der Waals surface area contributed by atoms with Crippen LogP contribution in [0.4, 0.5) is 10.1 Å². The second kappa shape index (κ2) is 6.90. The monoisotopic (exact) mass is 420 g/mol. The SMILES string of the molecule is CCc1cc2c3c([nH]c2cc1S(=O)(=O)Nc1ccc(F)cc1Cl)CCCC3=O. The minimum Gasteiger partial charge on any atom is -0.358 e. The number of rotatable bonds is 4. The Balaban J connectivity index is 1.84. The Kier molecular flexibility index (Phi) is 4.67. The molecule has 8 heteroatoms. The van der Waals surface area contributed by atoms with Gasteiger partial charge in [0.15, 0.2) is 5.78 Å². The molecule has 0 bridgehead atoms. The van der Waals surface area contributed by atoms with E-state index in [0.717, 1.165) is 36.1 Å². The van der Waals surface area contributed by atoms with Crippen LogP contribution in [0.3, 0.4) is 0 Å². The van der Waals surface area contributed by atoms with Gasteiger partial charge >= 0.3 is 0 Å². The Hall–Kier alpha value is -2.38. The number of aromatic nitrogens is 1. The van der Waals surface area contributed by atoms with Crippen LogP contribution in [0.25, 0.3) is 10.9 Å². The van der Waals surface area contributed by atoms with Gasteiger partial charge in [0.05, 0.1) is 15.6 Å². The first-order valence-corrected chi connectivity index (χ1v) is 10.8. The number of ketones is 1. The number of carbonyl (C=O) groups is 1. The number of nitrogens with one attached hydrogen (secondary N) is 2. The molecule has 0 radical (unpaired) electrons. The van der Waals surface area contributed by atoms with E-state index in [4.69, 9.17) is 11.6 Å². The summed E-state index contributed by atoms with van der Waals surface area (Å²) in [5.74, 6) is -0.466. The van der Waals surface area contributed by atoms with E-state index in [0.29, 0.717) is 29.5 Å². The predicted molar refractivity (Wildman–Crippen MR) is 107 cm³/mol. The number of aromatic amines is 1. The third kappa shape index (κ3) is 3.18. The summed E-state index contributed by atoms with van der Waals surface area (Å²) in [6, 6.07) is 6.80. The van der Waals surface area contributed by atoms with E-state index in [2.05, 4.69) is 9.71 Å². The van der Waals surface area contributed by atoms with Crippen LogP contribution in [0.5, 0.6) is 0 Å². The van der Waals surface area contributed by atoms with Crippen LogP contribution in [0, 0.1) is 5.82 Å². The molecule has 0 atom stereocenters. The molecule has 0 unspecified atom stereocenters. The fourth-order valence-corrected chi connectivity index (χ4v) is 5.35. The average Bonchev–Trinajstić information content (AvgIpc) is 3.01. The Bertz CT molecular complexity index is 1220. The first-order valence-electron chi connectivity index (χ1n) is 8.98. The van der Waals surface area contributed by atoms with Crippen molar-refractivity contribution in [2.45, 2.75) is 37.5 Å². The van der Waals surface area contributed by atoms with E-state index < -0.39 is 15.8 Å². The van der Waals surface area contributed by atoms with Crippen molar-refractivity contribution in [3.05, 3.63) is 58.0 Å². The van der Waals surface area contributed by atoms with Crippen molar-refractivity contribution < 1.29 is 17.6 Å². The number of fused-ring (bicyclic) bond motifs is 3. The van der Waals surface area contributed by atoms with Crippen LogP contribution in [-0.4, -0.2) is 19.2 Å². The summed E-state index contributed by atoms with van der Waals surface area (Å²) in [4.78, 5) is 15.7. The van der Waals surface area contributed by atoms with Crippen molar-refractivity contribution >= 4 is 44.0 Å². The molecule has 1 aromatic heterocycles. The summed E-state index contributed by atoms with van der Waals surface area (Å²) in [5.41, 5.74) is 2.85. The lowest BCUT2D eigenvalue weighted by atomic mass is 9.94. The van der Waals surface area contributed by atoms with Crippen molar-refractivity contribution in [3.63, 3.8) is 0 Å². The number of benzene rings is 2. The summed E-state index contributed by atoms with van der Waals surface area (Å²) < 4.78 is 41.7. The number of hydrogen-bond acceptors (Lipinski definition) is 3. The van der Waals surface area contributed by atoms with Gasteiger partial charge in [-0.2, -0.15) is 0 Å². The van der Waals surface area contributed by atoms with Gasteiger partial charge in [-0.3, -0.25) is 9.52 Å². The topological polar surface area (TPSA) is 79.0 Å². The van der Waals surface area contributed by atoms with Crippen LogP contribution in [-0.2, 0) is 22.9 Å². The average molecular weight is 421 g/mol. The first-order chi connectivity index (χ1) is 13.3. The van der Waals surface area contributed by atoms with Crippen molar-refractivity contribution in [1.82, 2.24) is 4.98 Å². The lowest BCUT2D eigenvalue weighted by Crippen LogP contribution is -2.15. The molecule has 0 fully saturated rings. The van der Waals surface area contributed by atoms with Crippen molar-refractivity contribution in [2.24, 2.45) is 0 Å². The second-order valence-electron chi connectivity index (χ2n) is 6.84. The highest BCUT2D eigenvalue weighted by Gasteiger charge is 2.26. The number of sulfonamides is 1. The third-order valence-electron chi connectivity index (χ3n) is 5.01. The predicted octanol–water partition coefficient (Wildman–Crippen LogP) is 4.84. The third-order valence-corrected chi connectivity index (χ3v) is 6.77. The van der Waals surface area contributed by atoms with Crippen LogP contribution >= 0.6 is 11.6 Å². The van der Waals surface area contributed by atoms with Crippen LogP contribution in [0.15, 0.2) is 35.2 Å². The van der Waals surface area contributed by atoms with Crippen LogP contribution in [0.2, 0.25) is 5.02 Å². The molecule has 1 aliphatic rings. The molecule has 0 spiro atoms. The zero-order valence-electron chi connectivity index (χ0n) is 15.1. The molecular formula is C20H18ClFN2O3S. The van der Waals surface area contributed by atoms with Gasteiger partial charge in [0.25, 0.3) is 10.0 Å². The fourth-order valence-electron chi connectivity index (χ4n) is 3.68. The molecule has 5 nitrogen and oxygen atoms in total. The molecule has 2 N–H and O–H groups in total. The van der Waals surface area contributed by atoms with Gasteiger partial charge in [-0.1, -0.05) is 18.5 Å². The second-order valence-corrected chi connectivity index (χ2v) is 8.90.